The second-order valence-electron chi connectivity index (χ2n) is 3.70. The van der Waals surface area contributed by atoms with Crippen LogP contribution in [-0.4, -0.2) is 44.0 Å². The fourth-order valence-electron chi connectivity index (χ4n) is 1.43. The molecule has 0 bridgehead atoms. The van der Waals surface area contributed by atoms with Crippen molar-refractivity contribution in [2.45, 2.75) is 13.8 Å². The summed E-state index contributed by atoms with van der Waals surface area (Å²) in [4.78, 5) is 16.1. The van der Waals surface area contributed by atoms with Crippen LogP contribution in [0.2, 0.25) is 0 Å². The van der Waals surface area contributed by atoms with E-state index in [1.54, 1.807) is 18.4 Å². The van der Waals surface area contributed by atoms with Crippen LogP contribution in [0, 0.1) is 6.92 Å². The Hall–Kier alpha value is -0.710. The molecule has 0 aliphatic rings. The molecule has 0 atom stereocenters. The normalized spacial score (nSPS) is 11.0. The number of Topliss-reactive ketones (excluding diaryl/α,β-unsaturated/α-hetero) is 1. The maximum atomic E-state index is 11.9. The van der Waals surface area contributed by atoms with Crippen molar-refractivity contribution in [3.05, 3.63) is 21.9 Å². The lowest BCUT2D eigenvalue weighted by Gasteiger charge is -2.18. The molecule has 0 aromatic carbocycles. The van der Waals surface area contributed by atoms with Gasteiger partial charge in [-0.25, -0.2) is 0 Å². The van der Waals surface area contributed by atoms with Gasteiger partial charge in [-0.3, -0.25) is 9.69 Å². The second-order valence-corrected chi connectivity index (χ2v) is 4.98. The third-order valence-electron chi connectivity index (χ3n) is 2.44. The molecule has 0 aliphatic heterocycles. The lowest BCUT2D eigenvalue weighted by atomic mass is 10.3. The van der Waals surface area contributed by atoms with E-state index in [1.807, 2.05) is 19.1 Å². The van der Waals surface area contributed by atoms with Crippen LogP contribution in [0.1, 0.15) is 21.5 Å². The van der Waals surface area contributed by atoms with E-state index in [9.17, 15) is 4.79 Å². The van der Waals surface area contributed by atoms with Crippen LogP contribution in [0.4, 0.5) is 0 Å². The van der Waals surface area contributed by atoms with Crippen LogP contribution < -0.4 is 0 Å². The average Bonchev–Trinajstić information content (AvgIpc) is 2.70. The van der Waals surface area contributed by atoms with Gasteiger partial charge in [0.25, 0.3) is 0 Å². The summed E-state index contributed by atoms with van der Waals surface area (Å²) in [6, 6.07) is 3.90. The van der Waals surface area contributed by atoms with Gasteiger partial charge in [0.05, 0.1) is 18.0 Å². The Morgan fingerprint density at radius 1 is 1.50 bits per heavy atom. The number of nitrogens with zero attached hydrogens (tertiary/aromatic N) is 1. The number of ether oxygens (including phenoxy) is 1. The van der Waals surface area contributed by atoms with E-state index in [-0.39, 0.29) is 5.78 Å². The van der Waals surface area contributed by atoms with Crippen LogP contribution in [-0.2, 0) is 4.74 Å². The minimum absolute atomic E-state index is 0.205. The van der Waals surface area contributed by atoms with E-state index < -0.39 is 0 Å². The Morgan fingerprint density at radius 2 is 2.25 bits per heavy atom. The summed E-state index contributed by atoms with van der Waals surface area (Å²) in [6.45, 7) is 6.92. The smallest absolute Gasteiger partial charge is 0.186 e. The predicted octanol–water partition coefficient (Wildman–Crippen LogP) is 2.21. The Kier molecular flexibility index (Phi) is 5.66. The molecule has 1 heterocycles. The summed E-state index contributed by atoms with van der Waals surface area (Å²) in [5.74, 6) is 0.205. The molecular formula is C12H19NO2S. The summed E-state index contributed by atoms with van der Waals surface area (Å²) < 4.78 is 5.02. The number of rotatable bonds is 7. The van der Waals surface area contributed by atoms with E-state index >= 15 is 0 Å². The molecule has 0 saturated heterocycles. The van der Waals surface area contributed by atoms with Gasteiger partial charge in [-0.1, -0.05) is 6.92 Å². The molecular weight excluding hydrogens is 222 g/mol. The number of carbonyl (C=O) groups is 1. The first-order chi connectivity index (χ1) is 7.67. The van der Waals surface area contributed by atoms with E-state index in [1.165, 1.54) is 4.88 Å². The molecule has 4 heteroatoms. The fourth-order valence-corrected chi connectivity index (χ4v) is 2.23. The highest BCUT2D eigenvalue weighted by Gasteiger charge is 2.12. The Morgan fingerprint density at radius 3 is 2.75 bits per heavy atom. The molecule has 0 radical (unpaired) electrons. The number of ketones is 1. The number of hydrogen-bond donors (Lipinski definition) is 0. The zero-order valence-electron chi connectivity index (χ0n) is 10.2. The third kappa shape index (κ3) is 4.04. The number of carbonyl (C=O) groups excluding carboxylic acids is 1. The molecule has 0 amide bonds. The molecule has 90 valence electrons. The summed E-state index contributed by atoms with van der Waals surface area (Å²) in [6.07, 6.45) is 0. The average molecular weight is 241 g/mol. The number of aryl methyl sites for hydroxylation is 1. The summed E-state index contributed by atoms with van der Waals surface area (Å²) >= 11 is 1.56. The van der Waals surface area contributed by atoms with Gasteiger partial charge in [0.1, 0.15) is 0 Å². The molecule has 0 aliphatic carbocycles. The zero-order chi connectivity index (χ0) is 12.0. The summed E-state index contributed by atoms with van der Waals surface area (Å²) in [5, 5.41) is 0. The fraction of sp³-hybridized carbons (Fsp3) is 0.583. The van der Waals surface area contributed by atoms with Gasteiger partial charge in [0.2, 0.25) is 0 Å². The van der Waals surface area contributed by atoms with Crippen molar-refractivity contribution in [2.75, 3.05) is 33.4 Å². The van der Waals surface area contributed by atoms with Gasteiger partial charge >= 0.3 is 0 Å². The Labute approximate surface area is 101 Å². The predicted molar refractivity (Wildman–Crippen MR) is 67.4 cm³/mol. The van der Waals surface area contributed by atoms with E-state index in [4.69, 9.17) is 4.74 Å². The standard InChI is InChI=1S/C12H19NO2S/c1-4-13(7-8-15-3)9-11(14)12-6-5-10(2)16-12/h5-6H,4,7-9H2,1-3H3. The van der Waals surface area contributed by atoms with Crippen molar-refractivity contribution in [2.24, 2.45) is 0 Å². The van der Waals surface area contributed by atoms with Gasteiger partial charge in [-0.2, -0.15) is 0 Å². The lowest BCUT2D eigenvalue weighted by Crippen LogP contribution is -2.32. The SMILES string of the molecule is CCN(CCOC)CC(=O)c1ccc(C)s1. The molecule has 3 nitrogen and oxygen atoms in total. The highest BCUT2D eigenvalue weighted by Crippen LogP contribution is 2.15. The molecule has 0 N–H and O–H groups in total. The van der Waals surface area contributed by atoms with Crippen molar-refractivity contribution in [3.63, 3.8) is 0 Å². The van der Waals surface area contributed by atoms with Crippen molar-refractivity contribution in [1.29, 1.82) is 0 Å². The Bertz CT molecular complexity index is 336. The molecule has 16 heavy (non-hydrogen) atoms. The van der Waals surface area contributed by atoms with Gasteiger partial charge in [0, 0.05) is 18.5 Å². The van der Waals surface area contributed by atoms with Crippen molar-refractivity contribution in [1.82, 2.24) is 4.90 Å². The zero-order valence-corrected chi connectivity index (χ0v) is 11.0. The first kappa shape index (κ1) is 13.4. The van der Waals surface area contributed by atoms with Crippen LogP contribution in [0.15, 0.2) is 12.1 Å². The number of hydrogen-bond acceptors (Lipinski definition) is 4. The maximum Gasteiger partial charge on any atom is 0.186 e. The first-order valence-corrected chi connectivity index (χ1v) is 6.30. The topological polar surface area (TPSA) is 29.5 Å². The van der Waals surface area contributed by atoms with Crippen molar-refractivity contribution < 1.29 is 9.53 Å². The van der Waals surface area contributed by atoms with Gasteiger partial charge < -0.3 is 4.74 Å². The Balaban J connectivity index is 2.48. The lowest BCUT2D eigenvalue weighted by molar-refractivity contribution is 0.0906. The molecule has 0 unspecified atom stereocenters. The maximum absolute atomic E-state index is 11.9. The van der Waals surface area contributed by atoms with E-state index in [0.29, 0.717) is 13.2 Å². The van der Waals surface area contributed by atoms with Gasteiger partial charge in [0.15, 0.2) is 5.78 Å². The van der Waals surface area contributed by atoms with Crippen molar-refractivity contribution in [3.8, 4) is 0 Å². The largest absolute Gasteiger partial charge is 0.383 e. The van der Waals surface area contributed by atoms with E-state index in [2.05, 4.69) is 11.8 Å². The highest BCUT2D eigenvalue weighted by molar-refractivity contribution is 7.14. The minimum atomic E-state index is 0.205. The molecule has 0 spiro atoms. The molecule has 1 aromatic rings. The van der Waals surface area contributed by atoms with Crippen LogP contribution >= 0.6 is 11.3 Å². The second kappa shape index (κ2) is 6.78. The van der Waals surface area contributed by atoms with E-state index in [0.717, 1.165) is 18.0 Å². The summed E-state index contributed by atoms with van der Waals surface area (Å²) in [7, 11) is 1.68. The molecule has 1 rings (SSSR count). The van der Waals surface area contributed by atoms with Crippen LogP contribution in [0.5, 0.6) is 0 Å². The first-order valence-electron chi connectivity index (χ1n) is 5.48. The third-order valence-corrected chi connectivity index (χ3v) is 3.48. The van der Waals surface area contributed by atoms with Gasteiger partial charge in [-0.05, 0) is 25.6 Å². The van der Waals surface area contributed by atoms with Gasteiger partial charge in [-0.15, -0.1) is 11.3 Å². The number of thiophene rings is 1. The number of methoxy groups -OCH3 is 1. The number of likely N-dealkylation sites (N-methyl/N-ethyl adjacent to an activating group) is 1. The molecule has 0 saturated carbocycles. The minimum Gasteiger partial charge on any atom is -0.383 e. The summed E-state index contributed by atoms with van der Waals surface area (Å²) in [5.41, 5.74) is 0. The van der Waals surface area contributed by atoms with Crippen molar-refractivity contribution >= 4 is 17.1 Å². The highest BCUT2D eigenvalue weighted by atomic mass is 32.1. The van der Waals surface area contributed by atoms with Crippen LogP contribution in [0.25, 0.3) is 0 Å². The molecule has 1 aromatic heterocycles. The monoisotopic (exact) mass is 241 g/mol. The quantitative estimate of drug-likeness (QED) is 0.685. The van der Waals surface area contributed by atoms with Crippen LogP contribution in [0.3, 0.4) is 0 Å². The molecule has 0 fully saturated rings.